The van der Waals surface area contributed by atoms with Crippen molar-refractivity contribution in [3.8, 4) is 0 Å². The smallest absolute Gasteiger partial charge is 0.264 e. The maximum Gasteiger partial charge on any atom is 0.264 e. The number of nitrogens with zero attached hydrogens (tertiary/aromatic N) is 3. The molecule has 0 radical (unpaired) electrons. The van der Waals surface area contributed by atoms with Crippen LogP contribution in [0.5, 0.6) is 0 Å². The van der Waals surface area contributed by atoms with E-state index < -0.39 is 15.9 Å². The lowest BCUT2D eigenvalue weighted by Gasteiger charge is -2.20. The molecule has 7 nitrogen and oxygen atoms in total. The van der Waals surface area contributed by atoms with Crippen molar-refractivity contribution >= 4 is 38.1 Å². The van der Waals surface area contributed by atoms with Gasteiger partial charge in [-0.05, 0) is 43.7 Å². The number of carbonyl (C=O) groups excluding carboxylic acids is 1. The average Bonchev–Trinajstić information content (AvgIpc) is 3.15. The molecule has 9 heteroatoms. The second-order valence-electron chi connectivity index (χ2n) is 6.14. The molecule has 0 fully saturated rings. The molecule has 28 heavy (non-hydrogen) atoms. The van der Waals surface area contributed by atoms with E-state index >= 15 is 0 Å². The van der Waals surface area contributed by atoms with Gasteiger partial charge < -0.3 is 0 Å². The zero-order chi connectivity index (χ0) is 20.3. The zero-order valence-electron chi connectivity index (χ0n) is 15.7. The molecule has 146 valence electrons. The highest BCUT2D eigenvalue weighted by atomic mass is 32.2. The molecule has 0 bridgehead atoms. The number of benzene rings is 2. The monoisotopic (exact) mass is 416 g/mol. The SMILES string of the molecule is CCc1nnc(NC(=O)c2cccc(S(=O)(=O)N(C)c3ccc(C)cc3)c2)s1. The number of aryl methyl sites for hydroxylation is 2. The van der Waals surface area contributed by atoms with Crippen molar-refractivity contribution in [2.75, 3.05) is 16.7 Å². The first-order chi connectivity index (χ1) is 13.3. The predicted molar refractivity (Wildman–Crippen MR) is 110 cm³/mol. The normalized spacial score (nSPS) is 11.2. The van der Waals surface area contributed by atoms with E-state index in [0.717, 1.165) is 17.0 Å². The third-order valence-corrected chi connectivity index (χ3v) is 6.91. The van der Waals surface area contributed by atoms with E-state index in [4.69, 9.17) is 0 Å². The van der Waals surface area contributed by atoms with Gasteiger partial charge in [0, 0.05) is 12.6 Å². The van der Waals surface area contributed by atoms with E-state index in [0.29, 0.717) is 10.8 Å². The molecule has 0 spiro atoms. The summed E-state index contributed by atoms with van der Waals surface area (Å²) in [5.41, 5.74) is 1.81. The van der Waals surface area contributed by atoms with Gasteiger partial charge in [-0.2, -0.15) is 0 Å². The molecule has 0 saturated heterocycles. The molecule has 3 rings (SSSR count). The molecule has 0 atom stereocenters. The third kappa shape index (κ3) is 4.20. The molecule has 0 aliphatic rings. The van der Waals surface area contributed by atoms with Crippen LogP contribution < -0.4 is 9.62 Å². The summed E-state index contributed by atoms with van der Waals surface area (Å²) < 4.78 is 27.1. The van der Waals surface area contributed by atoms with Crippen LogP contribution in [0.1, 0.15) is 27.9 Å². The van der Waals surface area contributed by atoms with Crippen molar-refractivity contribution < 1.29 is 13.2 Å². The van der Waals surface area contributed by atoms with E-state index in [1.807, 2.05) is 26.0 Å². The van der Waals surface area contributed by atoms with Crippen LogP contribution in [0.15, 0.2) is 53.4 Å². The Labute approximate surface area is 168 Å². The molecule has 1 heterocycles. The lowest BCUT2D eigenvalue weighted by molar-refractivity contribution is 0.102. The molecular formula is C19H20N4O3S2. The maximum atomic E-state index is 13.0. The molecule has 0 unspecified atom stereocenters. The highest BCUT2D eigenvalue weighted by Crippen LogP contribution is 2.23. The Balaban J connectivity index is 1.84. The van der Waals surface area contributed by atoms with Gasteiger partial charge in [0.2, 0.25) is 5.13 Å². The summed E-state index contributed by atoms with van der Waals surface area (Å²) in [4.78, 5) is 12.5. The van der Waals surface area contributed by atoms with Crippen molar-refractivity contribution in [2.24, 2.45) is 0 Å². The number of nitrogens with one attached hydrogen (secondary N) is 1. The Hall–Kier alpha value is -2.78. The van der Waals surface area contributed by atoms with Crippen molar-refractivity contribution in [3.63, 3.8) is 0 Å². The van der Waals surface area contributed by atoms with Crippen molar-refractivity contribution in [1.29, 1.82) is 0 Å². The Morgan fingerprint density at radius 1 is 1.14 bits per heavy atom. The molecule has 1 amide bonds. The molecule has 1 N–H and O–H groups in total. The zero-order valence-corrected chi connectivity index (χ0v) is 17.3. The van der Waals surface area contributed by atoms with E-state index in [1.165, 1.54) is 34.8 Å². The van der Waals surface area contributed by atoms with Crippen LogP contribution in [0.4, 0.5) is 10.8 Å². The van der Waals surface area contributed by atoms with E-state index in [-0.39, 0.29) is 10.5 Å². The molecule has 3 aromatic rings. The summed E-state index contributed by atoms with van der Waals surface area (Å²) in [6, 6.07) is 13.1. The summed E-state index contributed by atoms with van der Waals surface area (Å²) >= 11 is 1.29. The topological polar surface area (TPSA) is 92.3 Å². The first kappa shape index (κ1) is 20.0. The number of amides is 1. The highest BCUT2D eigenvalue weighted by molar-refractivity contribution is 7.92. The maximum absolute atomic E-state index is 13.0. The number of anilines is 2. The minimum absolute atomic E-state index is 0.0368. The fourth-order valence-electron chi connectivity index (χ4n) is 2.47. The van der Waals surface area contributed by atoms with Gasteiger partial charge in [0.15, 0.2) is 0 Å². The van der Waals surface area contributed by atoms with Gasteiger partial charge in [-0.1, -0.05) is 42.0 Å². The summed E-state index contributed by atoms with van der Waals surface area (Å²) in [6.45, 7) is 3.88. The van der Waals surface area contributed by atoms with E-state index in [9.17, 15) is 13.2 Å². The number of hydrogen-bond acceptors (Lipinski definition) is 6. The number of carbonyl (C=O) groups is 1. The molecule has 2 aromatic carbocycles. The minimum atomic E-state index is -3.81. The van der Waals surface area contributed by atoms with Crippen LogP contribution in [0.25, 0.3) is 0 Å². The number of sulfonamides is 1. The van der Waals surface area contributed by atoms with E-state index in [1.54, 1.807) is 24.3 Å². The van der Waals surface area contributed by atoms with Crippen LogP contribution in [0, 0.1) is 6.92 Å². The fraction of sp³-hybridized carbons (Fsp3) is 0.211. The minimum Gasteiger partial charge on any atom is -0.296 e. The summed E-state index contributed by atoms with van der Waals surface area (Å²) in [5, 5.41) is 11.7. The van der Waals surface area contributed by atoms with Gasteiger partial charge in [-0.25, -0.2) is 8.42 Å². The molecular weight excluding hydrogens is 396 g/mol. The number of rotatable bonds is 6. The summed E-state index contributed by atoms with van der Waals surface area (Å²) in [5.74, 6) is -0.436. The predicted octanol–water partition coefficient (Wildman–Crippen LogP) is 3.49. The van der Waals surface area contributed by atoms with Crippen LogP contribution >= 0.6 is 11.3 Å². The first-order valence-corrected chi connectivity index (χ1v) is 10.9. The molecule has 1 aromatic heterocycles. The van der Waals surface area contributed by atoms with Crippen molar-refractivity contribution in [1.82, 2.24) is 10.2 Å². The number of aromatic nitrogens is 2. The van der Waals surface area contributed by atoms with Gasteiger partial charge in [0.25, 0.3) is 15.9 Å². The second-order valence-corrected chi connectivity index (χ2v) is 9.18. The molecule has 0 aliphatic carbocycles. The quantitative estimate of drug-likeness (QED) is 0.664. The first-order valence-electron chi connectivity index (χ1n) is 8.60. The van der Waals surface area contributed by atoms with Crippen molar-refractivity contribution in [3.05, 3.63) is 64.7 Å². The average molecular weight is 417 g/mol. The highest BCUT2D eigenvalue weighted by Gasteiger charge is 2.22. The Morgan fingerprint density at radius 2 is 1.86 bits per heavy atom. The third-order valence-electron chi connectivity index (χ3n) is 4.14. The second kappa shape index (κ2) is 8.07. The molecule has 0 aliphatic heterocycles. The Morgan fingerprint density at radius 3 is 2.50 bits per heavy atom. The summed E-state index contributed by atoms with van der Waals surface area (Å²) in [7, 11) is -2.32. The van der Waals surface area contributed by atoms with Gasteiger partial charge in [0.1, 0.15) is 5.01 Å². The Kier molecular flexibility index (Phi) is 5.76. The summed E-state index contributed by atoms with van der Waals surface area (Å²) in [6.07, 6.45) is 0.729. The van der Waals surface area contributed by atoms with Crippen LogP contribution in [0.3, 0.4) is 0 Å². The van der Waals surface area contributed by atoms with Crippen LogP contribution in [-0.2, 0) is 16.4 Å². The fourth-order valence-corrected chi connectivity index (χ4v) is 4.38. The standard InChI is InChI=1S/C19H20N4O3S2/c1-4-17-21-22-19(27-17)20-18(24)14-6-5-7-16(12-14)28(25,26)23(3)15-10-8-13(2)9-11-15/h5-12H,4H2,1-3H3,(H,20,22,24). The number of hydrogen-bond donors (Lipinski definition) is 1. The van der Waals surface area contributed by atoms with Gasteiger partial charge in [-0.3, -0.25) is 14.4 Å². The molecule has 0 saturated carbocycles. The van der Waals surface area contributed by atoms with Gasteiger partial charge >= 0.3 is 0 Å². The van der Waals surface area contributed by atoms with Crippen molar-refractivity contribution in [2.45, 2.75) is 25.2 Å². The van der Waals surface area contributed by atoms with Crippen LogP contribution in [-0.4, -0.2) is 31.6 Å². The largest absolute Gasteiger partial charge is 0.296 e. The lowest BCUT2D eigenvalue weighted by Crippen LogP contribution is -2.26. The van der Waals surface area contributed by atoms with Crippen LogP contribution in [0.2, 0.25) is 0 Å². The van der Waals surface area contributed by atoms with Gasteiger partial charge in [-0.15, -0.1) is 10.2 Å². The van der Waals surface area contributed by atoms with E-state index in [2.05, 4.69) is 15.5 Å². The lowest BCUT2D eigenvalue weighted by atomic mass is 10.2. The van der Waals surface area contributed by atoms with Gasteiger partial charge in [0.05, 0.1) is 10.6 Å². The Bertz CT molecular complexity index is 1090.